The van der Waals surface area contributed by atoms with Gasteiger partial charge in [-0.1, -0.05) is 55.0 Å². The summed E-state index contributed by atoms with van der Waals surface area (Å²) in [6, 6.07) is 18.6. The summed E-state index contributed by atoms with van der Waals surface area (Å²) < 4.78 is 12.4. The third-order valence-electron chi connectivity index (χ3n) is 5.59. The first-order valence-corrected chi connectivity index (χ1v) is 11.4. The van der Waals surface area contributed by atoms with Gasteiger partial charge in [0.25, 0.3) is 0 Å². The van der Waals surface area contributed by atoms with Crippen molar-refractivity contribution >= 4 is 0 Å². The van der Waals surface area contributed by atoms with Crippen LogP contribution in [0.15, 0.2) is 54.6 Å². The van der Waals surface area contributed by atoms with Crippen LogP contribution in [-0.4, -0.2) is 48.5 Å². The van der Waals surface area contributed by atoms with Gasteiger partial charge in [-0.2, -0.15) is 0 Å². The van der Waals surface area contributed by atoms with Crippen LogP contribution in [0.2, 0.25) is 0 Å². The van der Waals surface area contributed by atoms with E-state index in [-0.39, 0.29) is 12.2 Å². The van der Waals surface area contributed by atoms with Gasteiger partial charge in [-0.05, 0) is 64.3 Å². The molecule has 1 heterocycles. The summed E-state index contributed by atoms with van der Waals surface area (Å²) in [6.07, 6.45) is 5.20. The monoisotopic (exact) mass is 411 g/mol. The largest absolute Gasteiger partial charge is 0.490 e. The van der Waals surface area contributed by atoms with Crippen molar-refractivity contribution in [2.24, 2.45) is 0 Å². The van der Waals surface area contributed by atoms with Gasteiger partial charge >= 0.3 is 0 Å². The molecule has 0 radical (unpaired) electrons. The van der Waals surface area contributed by atoms with Gasteiger partial charge in [0.2, 0.25) is 0 Å². The Bertz CT molecular complexity index is 728. The Morgan fingerprint density at radius 1 is 0.933 bits per heavy atom. The lowest BCUT2D eigenvalue weighted by atomic mass is 10.00. The standard InChI is InChI=1S/C26H37NO3/c1-21(2)30-26(16-15-22-11-5-3-6-12-22)24-13-7-8-14-25(24)29-20-23(28)19-27-17-9-4-10-18-27/h3,5-8,11-14,21,23,26,28H,4,9-10,15-20H2,1-2H3/t23-,26-/m1/s1. The molecule has 1 fully saturated rings. The summed E-state index contributed by atoms with van der Waals surface area (Å²) in [6.45, 7) is 7.29. The molecule has 30 heavy (non-hydrogen) atoms. The molecule has 2 aromatic rings. The van der Waals surface area contributed by atoms with Gasteiger partial charge in [0.1, 0.15) is 18.5 Å². The molecule has 1 aliphatic heterocycles. The number of benzene rings is 2. The van der Waals surface area contributed by atoms with Crippen LogP contribution >= 0.6 is 0 Å². The predicted molar refractivity (Wildman–Crippen MR) is 122 cm³/mol. The van der Waals surface area contributed by atoms with Crippen LogP contribution in [0.4, 0.5) is 0 Å². The number of aliphatic hydroxyl groups excluding tert-OH is 1. The van der Waals surface area contributed by atoms with Crippen molar-refractivity contribution in [3.63, 3.8) is 0 Å². The smallest absolute Gasteiger partial charge is 0.125 e. The van der Waals surface area contributed by atoms with E-state index in [0.29, 0.717) is 13.2 Å². The quantitative estimate of drug-likeness (QED) is 0.564. The molecular formula is C26H37NO3. The van der Waals surface area contributed by atoms with Crippen molar-refractivity contribution in [1.29, 1.82) is 0 Å². The topological polar surface area (TPSA) is 41.9 Å². The molecule has 0 unspecified atom stereocenters. The summed E-state index contributed by atoms with van der Waals surface area (Å²) in [5.74, 6) is 0.814. The molecule has 1 aliphatic rings. The molecule has 164 valence electrons. The first-order valence-electron chi connectivity index (χ1n) is 11.4. The Balaban J connectivity index is 1.62. The van der Waals surface area contributed by atoms with Crippen molar-refractivity contribution in [3.8, 4) is 5.75 Å². The molecule has 2 atom stereocenters. The van der Waals surface area contributed by atoms with Crippen molar-refractivity contribution in [2.75, 3.05) is 26.2 Å². The molecule has 0 aromatic heterocycles. The van der Waals surface area contributed by atoms with Crippen molar-refractivity contribution in [2.45, 2.75) is 64.3 Å². The molecule has 3 rings (SSSR count). The molecule has 0 bridgehead atoms. The van der Waals surface area contributed by atoms with Gasteiger partial charge < -0.3 is 19.5 Å². The van der Waals surface area contributed by atoms with Gasteiger partial charge in [0.15, 0.2) is 0 Å². The van der Waals surface area contributed by atoms with E-state index >= 15 is 0 Å². The Kier molecular flexibility index (Phi) is 9.19. The Labute approximate surface area is 181 Å². The zero-order valence-corrected chi connectivity index (χ0v) is 18.5. The highest BCUT2D eigenvalue weighted by atomic mass is 16.5. The van der Waals surface area contributed by atoms with Crippen molar-refractivity contribution < 1.29 is 14.6 Å². The fourth-order valence-corrected chi connectivity index (χ4v) is 4.12. The van der Waals surface area contributed by atoms with Gasteiger partial charge in [-0.25, -0.2) is 0 Å². The zero-order valence-electron chi connectivity index (χ0n) is 18.5. The molecule has 0 spiro atoms. The van der Waals surface area contributed by atoms with Crippen molar-refractivity contribution in [1.82, 2.24) is 4.90 Å². The third kappa shape index (κ3) is 7.42. The summed E-state index contributed by atoms with van der Waals surface area (Å²) in [5.41, 5.74) is 2.37. The molecule has 1 saturated heterocycles. The van der Waals surface area contributed by atoms with E-state index in [1.54, 1.807) is 0 Å². The number of piperidine rings is 1. The van der Waals surface area contributed by atoms with Crippen LogP contribution in [0.1, 0.15) is 56.8 Å². The van der Waals surface area contributed by atoms with Crippen LogP contribution < -0.4 is 4.74 Å². The number of ether oxygens (including phenoxy) is 2. The second-order valence-corrected chi connectivity index (χ2v) is 8.56. The number of hydrogen-bond acceptors (Lipinski definition) is 4. The maximum atomic E-state index is 10.5. The zero-order chi connectivity index (χ0) is 21.2. The second kappa shape index (κ2) is 12.1. The van der Waals surface area contributed by atoms with E-state index in [4.69, 9.17) is 9.47 Å². The molecule has 4 heteroatoms. The highest BCUT2D eigenvalue weighted by Crippen LogP contribution is 2.32. The summed E-state index contributed by atoms with van der Waals surface area (Å²) in [5, 5.41) is 10.5. The minimum absolute atomic E-state index is 0.0411. The minimum Gasteiger partial charge on any atom is -0.490 e. The number of likely N-dealkylation sites (tertiary alicyclic amines) is 1. The Hall–Kier alpha value is -1.88. The fourth-order valence-electron chi connectivity index (χ4n) is 4.12. The lowest BCUT2D eigenvalue weighted by Crippen LogP contribution is -2.38. The van der Waals surface area contributed by atoms with E-state index in [1.165, 1.54) is 24.8 Å². The number of nitrogens with zero attached hydrogens (tertiary/aromatic N) is 1. The molecule has 0 amide bonds. The van der Waals surface area contributed by atoms with E-state index in [1.807, 2.05) is 24.3 Å². The maximum absolute atomic E-state index is 10.5. The average molecular weight is 412 g/mol. The number of para-hydroxylation sites is 1. The van der Waals surface area contributed by atoms with Crippen LogP contribution in [-0.2, 0) is 11.2 Å². The molecule has 0 aliphatic carbocycles. The predicted octanol–water partition coefficient (Wildman–Crippen LogP) is 5.01. The second-order valence-electron chi connectivity index (χ2n) is 8.56. The highest BCUT2D eigenvalue weighted by molar-refractivity contribution is 5.35. The van der Waals surface area contributed by atoms with Crippen LogP contribution in [0.3, 0.4) is 0 Å². The Morgan fingerprint density at radius 2 is 1.63 bits per heavy atom. The van der Waals surface area contributed by atoms with Gasteiger partial charge in [0.05, 0.1) is 12.2 Å². The lowest BCUT2D eigenvalue weighted by Gasteiger charge is -2.29. The van der Waals surface area contributed by atoms with E-state index in [0.717, 1.165) is 37.2 Å². The van der Waals surface area contributed by atoms with E-state index in [9.17, 15) is 5.11 Å². The molecular weight excluding hydrogens is 374 g/mol. The number of rotatable bonds is 11. The fraction of sp³-hybridized carbons (Fsp3) is 0.538. The summed E-state index contributed by atoms with van der Waals surface area (Å²) in [4.78, 5) is 2.34. The van der Waals surface area contributed by atoms with Crippen LogP contribution in [0.5, 0.6) is 5.75 Å². The van der Waals surface area contributed by atoms with Crippen molar-refractivity contribution in [3.05, 3.63) is 65.7 Å². The molecule has 0 saturated carbocycles. The first kappa shape index (κ1) is 22.8. The first-order chi connectivity index (χ1) is 14.6. The van der Waals surface area contributed by atoms with Crippen LogP contribution in [0.25, 0.3) is 0 Å². The van der Waals surface area contributed by atoms with E-state index < -0.39 is 6.10 Å². The molecule has 1 N–H and O–H groups in total. The molecule has 2 aromatic carbocycles. The SMILES string of the molecule is CC(C)O[C@H](CCc1ccccc1)c1ccccc1OC[C@H](O)CN1CCCCC1. The average Bonchev–Trinajstić information content (AvgIpc) is 2.77. The van der Waals surface area contributed by atoms with Gasteiger partial charge in [0, 0.05) is 12.1 Å². The number of aryl methyl sites for hydroxylation is 1. The number of hydrogen-bond donors (Lipinski definition) is 1. The van der Waals surface area contributed by atoms with E-state index in [2.05, 4.69) is 49.1 Å². The number of β-amino-alcohol motifs (C(OH)–C–C–N with tert-alkyl or cyclic N) is 1. The van der Waals surface area contributed by atoms with Crippen LogP contribution in [0, 0.1) is 0 Å². The molecule has 4 nitrogen and oxygen atoms in total. The third-order valence-corrected chi connectivity index (χ3v) is 5.59. The Morgan fingerprint density at radius 3 is 2.37 bits per heavy atom. The highest BCUT2D eigenvalue weighted by Gasteiger charge is 2.20. The summed E-state index contributed by atoms with van der Waals surface area (Å²) in [7, 11) is 0. The maximum Gasteiger partial charge on any atom is 0.125 e. The minimum atomic E-state index is -0.482. The summed E-state index contributed by atoms with van der Waals surface area (Å²) >= 11 is 0. The lowest BCUT2D eigenvalue weighted by molar-refractivity contribution is -0.000724. The number of aliphatic hydroxyl groups is 1. The van der Waals surface area contributed by atoms with Gasteiger partial charge in [-0.3, -0.25) is 0 Å². The normalized spacial score (nSPS) is 17.1. The van der Waals surface area contributed by atoms with Gasteiger partial charge in [-0.15, -0.1) is 0 Å².